The van der Waals surface area contributed by atoms with E-state index in [2.05, 4.69) is 34.7 Å². The molecule has 170 valence electrons. The highest BCUT2D eigenvalue weighted by atomic mass is 16.5. The fourth-order valence-electron chi connectivity index (χ4n) is 3.76. The molecule has 32 heavy (non-hydrogen) atoms. The zero-order valence-corrected chi connectivity index (χ0v) is 19.2. The van der Waals surface area contributed by atoms with Crippen molar-refractivity contribution in [1.82, 2.24) is 9.55 Å². The molecule has 1 amide bonds. The van der Waals surface area contributed by atoms with Gasteiger partial charge in [0.15, 0.2) is 5.69 Å². The summed E-state index contributed by atoms with van der Waals surface area (Å²) in [5.41, 5.74) is 3.38. The summed E-state index contributed by atoms with van der Waals surface area (Å²) in [5.74, 6) is 0.0621. The third-order valence-corrected chi connectivity index (χ3v) is 5.33. The molecule has 0 saturated heterocycles. The Morgan fingerprint density at radius 3 is 2.50 bits per heavy atom. The minimum atomic E-state index is -0.518. The number of pyridine rings is 1. The third-order valence-electron chi connectivity index (χ3n) is 5.33. The number of ether oxygens (including phenoxy) is 2. The van der Waals surface area contributed by atoms with Gasteiger partial charge < -0.3 is 24.7 Å². The number of nitrogens with zero attached hydrogens (tertiary/aromatic N) is 2. The second-order valence-electron chi connectivity index (χ2n) is 7.67. The molecular formula is C24H30N4O4. The van der Waals surface area contributed by atoms with Crippen LogP contribution >= 0.6 is 0 Å². The van der Waals surface area contributed by atoms with Gasteiger partial charge in [0.05, 0.1) is 31.8 Å². The van der Waals surface area contributed by atoms with Crippen LogP contribution in [-0.4, -0.2) is 41.7 Å². The lowest BCUT2D eigenvalue weighted by Gasteiger charge is -2.15. The molecule has 2 aromatic heterocycles. The number of esters is 1. The molecular weight excluding hydrogens is 408 g/mol. The van der Waals surface area contributed by atoms with E-state index in [1.807, 2.05) is 25.1 Å². The minimum Gasteiger partial charge on any atom is -0.497 e. The van der Waals surface area contributed by atoms with Gasteiger partial charge in [-0.25, -0.2) is 9.78 Å². The van der Waals surface area contributed by atoms with Gasteiger partial charge in [0, 0.05) is 24.9 Å². The van der Waals surface area contributed by atoms with Crippen LogP contribution in [0, 0.1) is 0 Å². The summed E-state index contributed by atoms with van der Waals surface area (Å²) in [6, 6.07) is 10.2. The zero-order valence-electron chi connectivity index (χ0n) is 19.2. The number of carbonyl (C=O) groups excluding carboxylic acids is 2. The highest BCUT2D eigenvalue weighted by Gasteiger charge is 2.25. The molecule has 1 atom stereocenters. The largest absolute Gasteiger partial charge is 0.497 e. The Hall–Kier alpha value is -3.55. The van der Waals surface area contributed by atoms with Crippen LogP contribution in [0.1, 0.15) is 43.2 Å². The van der Waals surface area contributed by atoms with E-state index >= 15 is 0 Å². The summed E-state index contributed by atoms with van der Waals surface area (Å²) in [4.78, 5) is 28.8. The molecule has 2 N–H and O–H groups in total. The molecule has 0 saturated carbocycles. The van der Waals surface area contributed by atoms with Gasteiger partial charge in [0.25, 0.3) is 0 Å². The Morgan fingerprint density at radius 2 is 1.91 bits per heavy atom. The Morgan fingerprint density at radius 1 is 1.19 bits per heavy atom. The average molecular weight is 439 g/mol. The van der Waals surface area contributed by atoms with Crippen molar-refractivity contribution in [2.45, 2.75) is 46.2 Å². The molecule has 3 rings (SSSR count). The Kier molecular flexibility index (Phi) is 7.35. The zero-order chi connectivity index (χ0) is 23.3. The minimum absolute atomic E-state index is 0.189. The topological polar surface area (TPSA) is 94.5 Å². The number of hydrogen-bond acceptors (Lipinski definition) is 6. The number of carbonyl (C=O) groups is 2. The van der Waals surface area contributed by atoms with Crippen molar-refractivity contribution in [1.29, 1.82) is 0 Å². The fraction of sp³-hybridized carbons (Fsp3) is 0.375. The first-order valence-electron chi connectivity index (χ1n) is 10.7. The van der Waals surface area contributed by atoms with Gasteiger partial charge in [0.1, 0.15) is 11.4 Å². The van der Waals surface area contributed by atoms with Gasteiger partial charge in [-0.3, -0.25) is 4.79 Å². The number of rotatable bonds is 9. The van der Waals surface area contributed by atoms with Gasteiger partial charge in [-0.2, -0.15) is 0 Å². The lowest BCUT2D eigenvalue weighted by Crippen LogP contribution is -2.16. The normalized spacial score (nSPS) is 11.8. The van der Waals surface area contributed by atoms with E-state index in [0.717, 1.165) is 24.3 Å². The smallest absolute Gasteiger partial charge is 0.356 e. The van der Waals surface area contributed by atoms with Crippen molar-refractivity contribution in [2.75, 3.05) is 24.9 Å². The summed E-state index contributed by atoms with van der Waals surface area (Å²) in [6.45, 7) is 5.95. The van der Waals surface area contributed by atoms with Crippen LogP contribution in [-0.2, 0) is 22.5 Å². The summed E-state index contributed by atoms with van der Waals surface area (Å²) in [7, 11) is 2.98. The number of nitrogens with one attached hydrogen (secondary N) is 2. The number of aromatic nitrogens is 2. The lowest BCUT2D eigenvalue weighted by atomic mass is 10.1. The molecule has 0 fully saturated rings. The van der Waals surface area contributed by atoms with E-state index < -0.39 is 5.97 Å². The summed E-state index contributed by atoms with van der Waals surface area (Å²) in [6.07, 6.45) is 3.59. The number of methoxy groups -OCH3 is 2. The van der Waals surface area contributed by atoms with Crippen LogP contribution in [0.3, 0.4) is 0 Å². The van der Waals surface area contributed by atoms with Gasteiger partial charge in [-0.05, 0) is 50.5 Å². The van der Waals surface area contributed by atoms with Crippen LogP contribution < -0.4 is 15.4 Å². The van der Waals surface area contributed by atoms with E-state index in [4.69, 9.17) is 9.47 Å². The van der Waals surface area contributed by atoms with E-state index in [1.54, 1.807) is 17.9 Å². The number of anilines is 2. The first kappa shape index (κ1) is 23.1. The Balaban J connectivity index is 1.84. The number of fused-ring (bicyclic) bond motifs is 1. The summed E-state index contributed by atoms with van der Waals surface area (Å²) < 4.78 is 11.9. The maximum atomic E-state index is 12.4. The van der Waals surface area contributed by atoms with Crippen LogP contribution in [0.2, 0.25) is 0 Å². The monoisotopic (exact) mass is 438 g/mol. The average Bonchev–Trinajstić information content (AvgIpc) is 3.09. The second-order valence-corrected chi connectivity index (χ2v) is 7.67. The number of benzene rings is 1. The molecule has 3 aromatic rings. The fourth-order valence-corrected chi connectivity index (χ4v) is 3.76. The van der Waals surface area contributed by atoms with Crippen LogP contribution in [0.25, 0.3) is 11.0 Å². The molecule has 8 nitrogen and oxygen atoms in total. The summed E-state index contributed by atoms with van der Waals surface area (Å²) in [5, 5.41) is 6.95. The van der Waals surface area contributed by atoms with E-state index in [-0.39, 0.29) is 17.6 Å². The molecule has 0 unspecified atom stereocenters. The predicted molar refractivity (Wildman–Crippen MR) is 125 cm³/mol. The molecule has 0 spiro atoms. The molecule has 0 aliphatic carbocycles. The van der Waals surface area contributed by atoms with Gasteiger partial charge in [-0.15, -0.1) is 0 Å². The Bertz CT molecular complexity index is 1110. The second kappa shape index (κ2) is 10.2. The van der Waals surface area contributed by atoms with Crippen LogP contribution in [0.15, 0.2) is 36.5 Å². The molecule has 1 aromatic carbocycles. The van der Waals surface area contributed by atoms with Crippen molar-refractivity contribution < 1.29 is 19.1 Å². The highest BCUT2D eigenvalue weighted by molar-refractivity contribution is 6.10. The number of amides is 1. The first-order valence-corrected chi connectivity index (χ1v) is 10.7. The lowest BCUT2D eigenvalue weighted by molar-refractivity contribution is -0.114. The molecule has 0 radical (unpaired) electrons. The predicted octanol–water partition coefficient (Wildman–Crippen LogP) is 4.24. The van der Waals surface area contributed by atoms with Crippen molar-refractivity contribution >= 4 is 34.3 Å². The van der Waals surface area contributed by atoms with Crippen molar-refractivity contribution in [3.8, 4) is 5.75 Å². The maximum absolute atomic E-state index is 12.4. The Labute approximate surface area is 187 Å². The third kappa shape index (κ3) is 5.01. The van der Waals surface area contributed by atoms with Crippen LogP contribution in [0.5, 0.6) is 5.75 Å². The van der Waals surface area contributed by atoms with Crippen molar-refractivity contribution in [3.63, 3.8) is 0 Å². The quantitative estimate of drug-likeness (QED) is 0.485. The van der Waals surface area contributed by atoms with Gasteiger partial charge >= 0.3 is 5.97 Å². The maximum Gasteiger partial charge on any atom is 0.356 e. The van der Waals surface area contributed by atoms with Gasteiger partial charge in [0.2, 0.25) is 5.91 Å². The summed E-state index contributed by atoms with van der Waals surface area (Å²) >= 11 is 0. The number of aryl methyl sites for hydroxylation is 2. The standard InChI is InChI=1S/C24H30N4O4/c1-6-28-22(24(30)32-5)21(27-16(3)29)20-13-18(14-25-23(20)28)26-15(2)7-8-17-9-11-19(31-4)12-10-17/h9-15,26H,6-8H2,1-5H3,(H,27,29)/t15-/m0/s1. The molecule has 0 aliphatic heterocycles. The van der Waals surface area contributed by atoms with Crippen LogP contribution in [0.4, 0.5) is 11.4 Å². The molecule has 0 aliphatic rings. The molecule has 8 heteroatoms. The molecule has 0 bridgehead atoms. The van der Waals surface area contributed by atoms with E-state index in [1.165, 1.54) is 19.6 Å². The molecule has 2 heterocycles. The van der Waals surface area contributed by atoms with E-state index in [9.17, 15) is 9.59 Å². The first-order chi connectivity index (χ1) is 15.4. The van der Waals surface area contributed by atoms with Gasteiger partial charge in [-0.1, -0.05) is 12.1 Å². The van der Waals surface area contributed by atoms with Crippen molar-refractivity contribution in [3.05, 3.63) is 47.8 Å². The number of hydrogen-bond donors (Lipinski definition) is 2. The SMILES string of the molecule is CCn1c(C(=O)OC)c(NC(C)=O)c2cc(N[C@@H](C)CCc3ccc(OC)cc3)cnc21. The highest BCUT2D eigenvalue weighted by Crippen LogP contribution is 2.32. The van der Waals surface area contributed by atoms with E-state index in [0.29, 0.717) is 23.3 Å². The van der Waals surface area contributed by atoms with Crippen molar-refractivity contribution in [2.24, 2.45) is 0 Å².